The van der Waals surface area contributed by atoms with Crippen molar-refractivity contribution in [2.45, 2.75) is 32.7 Å². The van der Waals surface area contributed by atoms with Gasteiger partial charge in [0.1, 0.15) is 17.3 Å². The molecule has 0 bridgehead atoms. The Morgan fingerprint density at radius 1 is 1.25 bits per heavy atom. The highest BCUT2D eigenvalue weighted by molar-refractivity contribution is 5.39. The van der Waals surface area contributed by atoms with Crippen molar-refractivity contribution in [3.63, 3.8) is 0 Å². The zero-order chi connectivity index (χ0) is 13.9. The summed E-state index contributed by atoms with van der Waals surface area (Å²) in [6.45, 7) is 5.88. The molecule has 1 aromatic carbocycles. The molecule has 1 aliphatic rings. The van der Waals surface area contributed by atoms with E-state index in [2.05, 4.69) is 30.4 Å². The molecule has 106 valence electrons. The first kappa shape index (κ1) is 13.3. The predicted octanol–water partition coefficient (Wildman–Crippen LogP) is 3.42. The lowest BCUT2D eigenvalue weighted by Crippen LogP contribution is -2.21. The van der Waals surface area contributed by atoms with E-state index in [1.54, 1.807) is 0 Å². The van der Waals surface area contributed by atoms with Crippen LogP contribution in [-0.4, -0.2) is 13.2 Å². The van der Waals surface area contributed by atoms with Crippen molar-refractivity contribution in [3.8, 4) is 5.75 Å². The Morgan fingerprint density at radius 2 is 2.15 bits per heavy atom. The number of fused-ring (bicyclic) bond motifs is 1. The normalized spacial score (nSPS) is 14.9. The summed E-state index contributed by atoms with van der Waals surface area (Å²) < 4.78 is 11.2. The first-order valence-electron chi connectivity index (χ1n) is 7.27. The average molecular weight is 271 g/mol. The van der Waals surface area contributed by atoms with Crippen molar-refractivity contribution in [2.75, 3.05) is 13.2 Å². The van der Waals surface area contributed by atoms with Crippen LogP contribution in [0.25, 0.3) is 0 Å². The molecule has 2 heterocycles. The van der Waals surface area contributed by atoms with E-state index in [4.69, 9.17) is 9.15 Å². The molecule has 0 saturated carbocycles. The Balaban J connectivity index is 1.52. The van der Waals surface area contributed by atoms with Crippen LogP contribution in [0.4, 0.5) is 0 Å². The van der Waals surface area contributed by atoms with Gasteiger partial charge in [-0.05, 0) is 56.1 Å². The Labute approximate surface area is 119 Å². The molecule has 1 aromatic heterocycles. The van der Waals surface area contributed by atoms with Crippen LogP contribution in [0.5, 0.6) is 5.75 Å². The van der Waals surface area contributed by atoms with E-state index in [9.17, 15) is 0 Å². The molecule has 3 rings (SSSR count). The topological polar surface area (TPSA) is 34.4 Å². The van der Waals surface area contributed by atoms with Gasteiger partial charge in [0.2, 0.25) is 0 Å². The highest BCUT2D eigenvalue weighted by atomic mass is 16.5. The maximum atomic E-state index is 5.63. The lowest BCUT2D eigenvalue weighted by atomic mass is 10.1. The summed E-state index contributed by atoms with van der Waals surface area (Å²) in [6.07, 6.45) is 2.07. The SMILES string of the molecule is Cc1ccc(C(C)NCCc2ccc3c(c2)CCO3)o1. The molecular formula is C17H21NO2. The summed E-state index contributed by atoms with van der Waals surface area (Å²) in [7, 11) is 0. The van der Waals surface area contributed by atoms with Gasteiger partial charge < -0.3 is 14.5 Å². The van der Waals surface area contributed by atoms with Crippen LogP contribution in [-0.2, 0) is 12.8 Å². The maximum Gasteiger partial charge on any atom is 0.122 e. The molecule has 3 heteroatoms. The third-order valence-electron chi connectivity index (χ3n) is 3.81. The largest absolute Gasteiger partial charge is 0.493 e. The minimum Gasteiger partial charge on any atom is -0.493 e. The third-order valence-corrected chi connectivity index (χ3v) is 3.81. The smallest absolute Gasteiger partial charge is 0.122 e. The van der Waals surface area contributed by atoms with Crippen molar-refractivity contribution in [3.05, 3.63) is 53.0 Å². The molecule has 1 atom stereocenters. The standard InChI is InChI=1S/C17H21NO2/c1-12-3-5-16(20-12)13(2)18-9-7-14-4-6-17-15(11-14)8-10-19-17/h3-6,11,13,18H,7-10H2,1-2H3. The minimum absolute atomic E-state index is 0.251. The van der Waals surface area contributed by atoms with Crippen molar-refractivity contribution in [2.24, 2.45) is 0 Å². The Hall–Kier alpha value is -1.74. The van der Waals surface area contributed by atoms with Crippen LogP contribution in [0.3, 0.4) is 0 Å². The summed E-state index contributed by atoms with van der Waals surface area (Å²) in [6, 6.07) is 10.8. The van der Waals surface area contributed by atoms with Gasteiger partial charge in [0.25, 0.3) is 0 Å². The molecule has 1 unspecified atom stereocenters. The van der Waals surface area contributed by atoms with Gasteiger partial charge in [0, 0.05) is 6.42 Å². The molecule has 1 aliphatic heterocycles. The Morgan fingerprint density at radius 3 is 2.95 bits per heavy atom. The van der Waals surface area contributed by atoms with Gasteiger partial charge in [0.05, 0.1) is 12.6 Å². The molecule has 3 nitrogen and oxygen atoms in total. The van der Waals surface area contributed by atoms with Crippen LogP contribution >= 0.6 is 0 Å². The number of furan rings is 1. The Kier molecular flexibility index (Phi) is 3.79. The summed E-state index contributed by atoms with van der Waals surface area (Å²) in [5.74, 6) is 3.03. The molecule has 0 amide bonds. The number of hydrogen-bond donors (Lipinski definition) is 1. The van der Waals surface area contributed by atoms with E-state index in [0.717, 1.165) is 43.3 Å². The highest BCUT2D eigenvalue weighted by Gasteiger charge is 2.12. The summed E-state index contributed by atoms with van der Waals surface area (Å²) in [5, 5.41) is 3.50. The molecular weight excluding hydrogens is 250 g/mol. The lowest BCUT2D eigenvalue weighted by Gasteiger charge is -2.11. The zero-order valence-electron chi connectivity index (χ0n) is 12.1. The third kappa shape index (κ3) is 2.88. The molecule has 0 radical (unpaired) electrons. The first-order valence-corrected chi connectivity index (χ1v) is 7.27. The first-order chi connectivity index (χ1) is 9.72. The van der Waals surface area contributed by atoms with E-state index in [1.165, 1.54) is 11.1 Å². The van der Waals surface area contributed by atoms with Crippen molar-refractivity contribution in [1.82, 2.24) is 5.32 Å². The fraction of sp³-hybridized carbons (Fsp3) is 0.412. The second-order valence-corrected chi connectivity index (χ2v) is 5.41. The van der Waals surface area contributed by atoms with Crippen molar-refractivity contribution in [1.29, 1.82) is 0 Å². The summed E-state index contributed by atoms with van der Waals surface area (Å²) in [5.41, 5.74) is 2.71. The van der Waals surface area contributed by atoms with E-state index >= 15 is 0 Å². The number of hydrogen-bond acceptors (Lipinski definition) is 3. The van der Waals surface area contributed by atoms with E-state index < -0.39 is 0 Å². The van der Waals surface area contributed by atoms with Gasteiger partial charge in [-0.2, -0.15) is 0 Å². The molecule has 20 heavy (non-hydrogen) atoms. The predicted molar refractivity (Wildman–Crippen MR) is 79.2 cm³/mol. The van der Waals surface area contributed by atoms with E-state index in [0.29, 0.717) is 0 Å². The van der Waals surface area contributed by atoms with E-state index in [-0.39, 0.29) is 6.04 Å². The fourth-order valence-corrected chi connectivity index (χ4v) is 2.62. The number of ether oxygens (including phenoxy) is 1. The van der Waals surface area contributed by atoms with Gasteiger partial charge in [-0.3, -0.25) is 0 Å². The summed E-state index contributed by atoms with van der Waals surface area (Å²) in [4.78, 5) is 0. The van der Waals surface area contributed by atoms with Crippen LogP contribution in [0.2, 0.25) is 0 Å². The monoisotopic (exact) mass is 271 g/mol. The number of nitrogens with one attached hydrogen (secondary N) is 1. The molecule has 0 aliphatic carbocycles. The average Bonchev–Trinajstić information content (AvgIpc) is 3.06. The van der Waals surface area contributed by atoms with Gasteiger partial charge >= 0.3 is 0 Å². The van der Waals surface area contributed by atoms with Gasteiger partial charge in [-0.25, -0.2) is 0 Å². The zero-order valence-corrected chi connectivity index (χ0v) is 12.1. The molecule has 0 spiro atoms. The van der Waals surface area contributed by atoms with Gasteiger partial charge in [-0.15, -0.1) is 0 Å². The fourth-order valence-electron chi connectivity index (χ4n) is 2.62. The molecule has 1 N–H and O–H groups in total. The van der Waals surface area contributed by atoms with Crippen LogP contribution in [0, 0.1) is 6.92 Å². The van der Waals surface area contributed by atoms with E-state index in [1.807, 2.05) is 19.1 Å². The molecule has 2 aromatic rings. The van der Waals surface area contributed by atoms with Crippen LogP contribution in [0.1, 0.15) is 35.6 Å². The van der Waals surface area contributed by atoms with Crippen molar-refractivity contribution >= 4 is 0 Å². The number of aryl methyl sites for hydroxylation is 1. The molecule has 0 fully saturated rings. The minimum atomic E-state index is 0.251. The van der Waals surface area contributed by atoms with Crippen LogP contribution in [0.15, 0.2) is 34.7 Å². The van der Waals surface area contributed by atoms with Crippen LogP contribution < -0.4 is 10.1 Å². The maximum absolute atomic E-state index is 5.63. The molecule has 0 saturated heterocycles. The quantitative estimate of drug-likeness (QED) is 0.905. The highest BCUT2D eigenvalue weighted by Crippen LogP contribution is 2.26. The number of rotatable bonds is 5. The summed E-state index contributed by atoms with van der Waals surface area (Å²) >= 11 is 0. The second kappa shape index (κ2) is 5.71. The van der Waals surface area contributed by atoms with Gasteiger partial charge in [0.15, 0.2) is 0 Å². The Bertz CT molecular complexity index is 588. The number of benzene rings is 1. The second-order valence-electron chi connectivity index (χ2n) is 5.41. The van der Waals surface area contributed by atoms with Crippen molar-refractivity contribution < 1.29 is 9.15 Å². The lowest BCUT2D eigenvalue weighted by molar-refractivity contribution is 0.357. The van der Waals surface area contributed by atoms with Gasteiger partial charge in [-0.1, -0.05) is 12.1 Å².